The van der Waals surface area contributed by atoms with Crippen LogP contribution in [0.15, 0.2) is 0 Å². The minimum Gasteiger partial charge on any atom is -0.481 e. The topological polar surface area (TPSA) is 116 Å². The summed E-state index contributed by atoms with van der Waals surface area (Å²) in [6.07, 6.45) is 2.88. The summed E-state index contributed by atoms with van der Waals surface area (Å²) >= 11 is 0. The smallest absolute Gasteiger partial charge is 0.326 e. The second-order valence-electron chi connectivity index (χ2n) is 5.46. The fraction of sp³-hybridized carbons (Fsp3) is 0.769. The van der Waals surface area contributed by atoms with Crippen LogP contribution in [-0.2, 0) is 9.59 Å². The molecular weight excluding hydrogens is 264 g/mol. The van der Waals surface area contributed by atoms with Crippen LogP contribution in [0.25, 0.3) is 0 Å². The molecule has 1 aliphatic carbocycles. The van der Waals surface area contributed by atoms with Crippen LogP contribution in [0, 0.1) is 11.8 Å². The average Bonchev–Trinajstić information content (AvgIpc) is 2.77. The molecule has 0 saturated heterocycles. The van der Waals surface area contributed by atoms with E-state index in [1.54, 1.807) is 0 Å². The Bertz CT molecular complexity index is 372. The quantitative estimate of drug-likeness (QED) is 0.558. The summed E-state index contributed by atoms with van der Waals surface area (Å²) in [5, 5.41) is 22.4. The van der Waals surface area contributed by atoms with E-state index in [9.17, 15) is 14.4 Å². The van der Waals surface area contributed by atoms with Crippen molar-refractivity contribution in [1.82, 2.24) is 10.6 Å². The van der Waals surface area contributed by atoms with Crippen molar-refractivity contribution in [3.05, 3.63) is 0 Å². The second kappa shape index (κ2) is 7.72. The number of urea groups is 1. The molecule has 2 unspecified atom stereocenters. The number of hydrogen-bond donors (Lipinski definition) is 4. The van der Waals surface area contributed by atoms with E-state index in [1.165, 1.54) is 0 Å². The fourth-order valence-corrected chi connectivity index (χ4v) is 2.48. The van der Waals surface area contributed by atoms with Crippen LogP contribution in [0.2, 0.25) is 0 Å². The lowest BCUT2D eigenvalue weighted by molar-refractivity contribution is -0.140. The van der Waals surface area contributed by atoms with Crippen molar-refractivity contribution < 1.29 is 24.6 Å². The van der Waals surface area contributed by atoms with Crippen molar-refractivity contribution in [3.8, 4) is 0 Å². The number of carbonyl (C=O) groups excluding carboxylic acids is 1. The van der Waals surface area contributed by atoms with Crippen LogP contribution >= 0.6 is 0 Å². The largest absolute Gasteiger partial charge is 0.481 e. The predicted molar refractivity (Wildman–Crippen MR) is 71.3 cm³/mol. The molecule has 1 rings (SSSR count). The zero-order valence-corrected chi connectivity index (χ0v) is 11.6. The summed E-state index contributed by atoms with van der Waals surface area (Å²) in [4.78, 5) is 32.9. The maximum absolute atomic E-state index is 11.6. The molecule has 4 N–H and O–H groups in total. The van der Waals surface area contributed by atoms with Gasteiger partial charge in [-0.3, -0.25) is 4.79 Å². The first-order valence-electron chi connectivity index (χ1n) is 6.87. The van der Waals surface area contributed by atoms with Gasteiger partial charge in [0, 0.05) is 13.0 Å². The summed E-state index contributed by atoms with van der Waals surface area (Å²) in [5.41, 5.74) is 0. The molecule has 0 radical (unpaired) electrons. The van der Waals surface area contributed by atoms with Gasteiger partial charge in [0.15, 0.2) is 0 Å². The van der Waals surface area contributed by atoms with Crippen LogP contribution in [0.4, 0.5) is 4.79 Å². The monoisotopic (exact) mass is 286 g/mol. The van der Waals surface area contributed by atoms with Gasteiger partial charge in [0.1, 0.15) is 6.04 Å². The zero-order chi connectivity index (χ0) is 15.1. The Kier molecular flexibility index (Phi) is 6.27. The highest BCUT2D eigenvalue weighted by Crippen LogP contribution is 2.29. The van der Waals surface area contributed by atoms with Gasteiger partial charge in [-0.1, -0.05) is 13.3 Å². The minimum atomic E-state index is -1.23. The summed E-state index contributed by atoms with van der Waals surface area (Å²) in [7, 11) is 0. The Morgan fingerprint density at radius 2 is 1.95 bits per heavy atom. The van der Waals surface area contributed by atoms with Gasteiger partial charge in [-0.25, -0.2) is 9.59 Å². The highest BCUT2D eigenvalue weighted by molar-refractivity contribution is 5.82. The van der Waals surface area contributed by atoms with E-state index in [1.807, 2.05) is 0 Å². The van der Waals surface area contributed by atoms with E-state index in [4.69, 9.17) is 10.2 Å². The maximum Gasteiger partial charge on any atom is 0.326 e. The Balaban J connectivity index is 2.30. The third kappa shape index (κ3) is 5.90. The Morgan fingerprint density at radius 3 is 2.45 bits per heavy atom. The minimum absolute atomic E-state index is 0.126. The Labute approximate surface area is 117 Å². The van der Waals surface area contributed by atoms with Gasteiger partial charge in [0.05, 0.1) is 0 Å². The summed E-state index contributed by atoms with van der Waals surface area (Å²) in [6.45, 7) is 2.70. The van der Waals surface area contributed by atoms with Gasteiger partial charge in [-0.15, -0.1) is 0 Å². The van der Waals surface area contributed by atoms with E-state index >= 15 is 0 Å². The molecule has 0 spiro atoms. The van der Waals surface area contributed by atoms with E-state index in [0.29, 0.717) is 18.4 Å². The molecule has 0 bridgehead atoms. The number of carbonyl (C=O) groups is 3. The van der Waals surface area contributed by atoms with Crippen molar-refractivity contribution in [2.24, 2.45) is 11.8 Å². The Morgan fingerprint density at radius 1 is 1.25 bits per heavy atom. The molecule has 0 aromatic carbocycles. The molecule has 3 atom stereocenters. The SMILES string of the molecule is CC1CCC(CNC(=O)N[C@@H](CCC(=O)O)C(=O)O)C1. The molecule has 20 heavy (non-hydrogen) atoms. The normalized spacial score (nSPS) is 23.1. The highest BCUT2D eigenvalue weighted by atomic mass is 16.4. The third-order valence-electron chi connectivity index (χ3n) is 3.61. The molecule has 1 saturated carbocycles. The van der Waals surface area contributed by atoms with Crippen LogP contribution in [0.3, 0.4) is 0 Å². The average molecular weight is 286 g/mol. The second-order valence-corrected chi connectivity index (χ2v) is 5.46. The van der Waals surface area contributed by atoms with Crippen molar-refractivity contribution in [1.29, 1.82) is 0 Å². The maximum atomic E-state index is 11.6. The number of aliphatic carboxylic acids is 2. The van der Waals surface area contributed by atoms with Crippen molar-refractivity contribution >= 4 is 18.0 Å². The van der Waals surface area contributed by atoms with E-state index in [-0.39, 0.29) is 12.8 Å². The summed E-state index contributed by atoms with van der Waals surface area (Å²) < 4.78 is 0. The zero-order valence-electron chi connectivity index (χ0n) is 11.6. The number of hydrogen-bond acceptors (Lipinski definition) is 3. The molecule has 1 aliphatic rings. The van der Waals surface area contributed by atoms with Crippen molar-refractivity contribution in [2.75, 3.05) is 6.54 Å². The molecular formula is C13H22N2O5. The molecule has 114 valence electrons. The number of rotatable bonds is 7. The Hall–Kier alpha value is -1.79. The molecule has 2 amide bonds. The van der Waals surface area contributed by atoms with E-state index < -0.39 is 24.0 Å². The molecule has 1 fully saturated rings. The standard InChI is InChI=1S/C13H22N2O5/c1-8-2-3-9(6-8)7-14-13(20)15-10(12(18)19)4-5-11(16)17/h8-10H,2-7H2,1H3,(H,16,17)(H,18,19)(H2,14,15,20)/t8?,9?,10-/m0/s1. The number of amides is 2. The van der Waals surface area contributed by atoms with Crippen LogP contribution in [0.1, 0.15) is 39.0 Å². The lowest BCUT2D eigenvalue weighted by Crippen LogP contribution is -2.47. The first-order chi connectivity index (χ1) is 9.38. The van der Waals surface area contributed by atoms with Crippen LogP contribution < -0.4 is 10.6 Å². The molecule has 0 aromatic heterocycles. The fourth-order valence-electron chi connectivity index (χ4n) is 2.48. The molecule has 7 nitrogen and oxygen atoms in total. The lowest BCUT2D eigenvalue weighted by Gasteiger charge is -2.16. The summed E-state index contributed by atoms with van der Waals surface area (Å²) in [6, 6.07) is -1.73. The predicted octanol–water partition coefficient (Wildman–Crippen LogP) is 1.04. The number of carboxylic acid groups (broad SMARTS) is 2. The highest BCUT2D eigenvalue weighted by Gasteiger charge is 2.23. The van der Waals surface area contributed by atoms with Gasteiger partial charge in [-0.2, -0.15) is 0 Å². The first kappa shape index (κ1) is 16.3. The van der Waals surface area contributed by atoms with Gasteiger partial charge >= 0.3 is 18.0 Å². The molecule has 0 heterocycles. The molecule has 7 heteroatoms. The summed E-state index contributed by atoms with van der Waals surface area (Å²) in [5.74, 6) is -1.19. The number of carboxylic acids is 2. The van der Waals surface area contributed by atoms with E-state index in [2.05, 4.69) is 17.6 Å². The molecule has 0 aliphatic heterocycles. The van der Waals surface area contributed by atoms with Gasteiger partial charge in [-0.05, 0) is 31.1 Å². The van der Waals surface area contributed by atoms with Crippen molar-refractivity contribution in [2.45, 2.75) is 45.1 Å². The van der Waals surface area contributed by atoms with Crippen molar-refractivity contribution in [3.63, 3.8) is 0 Å². The third-order valence-corrected chi connectivity index (χ3v) is 3.61. The van der Waals surface area contributed by atoms with Crippen LogP contribution in [-0.4, -0.2) is 40.8 Å². The first-order valence-corrected chi connectivity index (χ1v) is 6.87. The van der Waals surface area contributed by atoms with Gasteiger partial charge < -0.3 is 20.8 Å². The van der Waals surface area contributed by atoms with E-state index in [0.717, 1.165) is 19.3 Å². The number of nitrogens with one attached hydrogen (secondary N) is 2. The van der Waals surface area contributed by atoms with Crippen LogP contribution in [0.5, 0.6) is 0 Å². The lowest BCUT2D eigenvalue weighted by atomic mass is 10.1. The van der Waals surface area contributed by atoms with Gasteiger partial charge in [0.2, 0.25) is 0 Å². The van der Waals surface area contributed by atoms with Gasteiger partial charge in [0.25, 0.3) is 0 Å². The molecule has 0 aromatic rings.